The molecule has 0 radical (unpaired) electrons. The third-order valence-electron chi connectivity index (χ3n) is 3.45. The number of nitrogens with one attached hydrogen (secondary N) is 1. The normalized spacial score (nSPS) is 15.0. The van der Waals surface area contributed by atoms with Crippen LogP contribution < -0.4 is 11.1 Å². The summed E-state index contributed by atoms with van der Waals surface area (Å²) >= 11 is 0. The van der Waals surface area contributed by atoms with Crippen molar-refractivity contribution in [1.29, 1.82) is 0 Å². The van der Waals surface area contributed by atoms with Gasteiger partial charge in [-0.2, -0.15) is 0 Å². The van der Waals surface area contributed by atoms with Crippen LogP contribution in [0.5, 0.6) is 0 Å². The molecule has 0 saturated heterocycles. The van der Waals surface area contributed by atoms with Gasteiger partial charge in [-0.05, 0) is 38.3 Å². The molecule has 1 saturated carbocycles. The molecule has 0 aliphatic heterocycles. The number of carbonyl (C=O) groups excluding carboxylic acids is 1. The highest BCUT2D eigenvalue weighted by molar-refractivity contribution is 5.89. The molecular weight excluding hydrogens is 226 g/mol. The van der Waals surface area contributed by atoms with Crippen LogP contribution >= 0.6 is 0 Å². The number of urea groups is 1. The summed E-state index contributed by atoms with van der Waals surface area (Å²) in [6, 6.07) is 8.18. The van der Waals surface area contributed by atoms with Crippen molar-refractivity contribution >= 4 is 11.7 Å². The van der Waals surface area contributed by atoms with Gasteiger partial charge in [-0.3, -0.25) is 0 Å². The van der Waals surface area contributed by atoms with Gasteiger partial charge in [-0.1, -0.05) is 17.7 Å². The number of nitrogens with zero attached hydrogens (tertiary/aromatic N) is 1. The van der Waals surface area contributed by atoms with Crippen LogP contribution in [-0.4, -0.2) is 30.1 Å². The first-order chi connectivity index (χ1) is 8.70. The van der Waals surface area contributed by atoms with E-state index in [1.807, 2.05) is 36.1 Å². The van der Waals surface area contributed by atoms with Crippen LogP contribution in [0.25, 0.3) is 0 Å². The molecule has 4 nitrogen and oxygen atoms in total. The van der Waals surface area contributed by atoms with Crippen molar-refractivity contribution in [2.45, 2.75) is 32.2 Å². The molecule has 0 aromatic heterocycles. The number of hydrogen-bond acceptors (Lipinski definition) is 2. The number of nitrogens with two attached hydrogens (primary N) is 1. The Kier molecular flexibility index (Phi) is 4.20. The van der Waals surface area contributed by atoms with Crippen LogP contribution in [0.3, 0.4) is 0 Å². The zero-order valence-electron chi connectivity index (χ0n) is 10.9. The average molecular weight is 247 g/mol. The lowest BCUT2D eigenvalue weighted by molar-refractivity contribution is 0.151. The molecule has 3 N–H and O–H groups in total. The second kappa shape index (κ2) is 5.87. The van der Waals surface area contributed by atoms with Crippen LogP contribution in [0.15, 0.2) is 24.3 Å². The lowest BCUT2D eigenvalue weighted by atomic mass is 9.91. The van der Waals surface area contributed by atoms with E-state index in [0.29, 0.717) is 19.1 Å². The highest BCUT2D eigenvalue weighted by Gasteiger charge is 2.28. The third kappa shape index (κ3) is 3.01. The molecule has 0 unspecified atom stereocenters. The van der Waals surface area contributed by atoms with Crippen LogP contribution in [0, 0.1) is 6.92 Å². The summed E-state index contributed by atoms with van der Waals surface area (Å²) in [7, 11) is 0. The summed E-state index contributed by atoms with van der Waals surface area (Å²) in [6.45, 7) is 3.17. The number of amides is 2. The largest absolute Gasteiger partial charge is 0.329 e. The van der Waals surface area contributed by atoms with Crippen molar-refractivity contribution < 1.29 is 4.79 Å². The van der Waals surface area contributed by atoms with Gasteiger partial charge in [0.05, 0.1) is 0 Å². The van der Waals surface area contributed by atoms with Gasteiger partial charge in [0.15, 0.2) is 0 Å². The molecule has 0 atom stereocenters. The molecule has 2 rings (SSSR count). The van der Waals surface area contributed by atoms with Crippen molar-refractivity contribution in [3.63, 3.8) is 0 Å². The number of aryl methyl sites for hydroxylation is 1. The van der Waals surface area contributed by atoms with E-state index >= 15 is 0 Å². The van der Waals surface area contributed by atoms with Crippen molar-refractivity contribution in [3.05, 3.63) is 29.8 Å². The van der Waals surface area contributed by atoms with E-state index in [0.717, 1.165) is 18.5 Å². The Bertz CT molecular complexity index is 398. The molecule has 1 fully saturated rings. The van der Waals surface area contributed by atoms with Gasteiger partial charge in [0.25, 0.3) is 0 Å². The summed E-state index contributed by atoms with van der Waals surface area (Å²) in [4.78, 5) is 14.0. The Morgan fingerprint density at radius 2 is 2.06 bits per heavy atom. The van der Waals surface area contributed by atoms with E-state index in [9.17, 15) is 4.79 Å². The van der Waals surface area contributed by atoms with Crippen LogP contribution in [-0.2, 0) is 0 Å². The zero-order chi connectivity index (χ0) is 13.0. The highest BCUT2D eigenvalue weighted by atomic mass is 16.2. The topological polar surface area (TPSA) is 58.4 Å². The average Bonchev–Trinajstić information content (AvgIpc) is 2.29. The van der Waals surface area contributed by atoms with Gasteiger partial charge in [-0.25, -0.2) is 4.79 Å². The van der Waals surface area contributed by atoms with Crippen LogP contribution in [0.2, 0.25) is 0 Å². The fraction of sp³-hybridized carbons (Fsp3) is 0.500. The maximum atomic E-state index is 12.2. The van der Waals surface area contributed by atoms with E-state index in [1.165, 1.54) is 12.0 Å². The lowest BCUT2D eigenvalue weighted by Crippen LogP contribution is -2.48. The second-order valence-electron chi connectivity index (χ2n) is 4.86. The Labute approximate surface area is 108 Å². The van der Waals surface area contributed by atoms with E-state index in [2.05, 4.69) is 5.32 Å². The summed E-state index contributed by atoms with van der Waals surface area (Å²) < 4.78 is 0. The third-order valence-corrected chi connectivity index (χ3v) is 3.45. The summed E-state index contributed by atoms with van der Waals surface area (Å²) in [5.74, 6) is 0. The van der Waals surface area contributed by atoms with Crippen molar-refractivity contribution in [3.8, 4) is 0 Å². The van der Waals surface area contributed by atoms with Gasteiger partial charge in [0.1, 0.15) is 0 Å². The van der Waals surface area contributed by atoms with Crippen LogP contribution in [0.1, 0.15) is 24.8 Å². The van der Waals surface area contributed by atoms with Crippen molar-refractivity contribution in [2.24, 2.45) is 5.73 Å². The Balaban J connectivity index is 1.97. The SMILES string of the molecule is Cc1ccc(NC(=O)N(CCN)C2CCC2)cc1. The molecule has 2 amide bonds. The number of carbonyl (C=O) groups is 1. The molecule has 4 heteroatoms. The van der Waals surface area contributed by atoms with Gasteiger partial charge < -0.3 is 16.0 Å². The smallest absolute Gasteiger partial charge is 0.322 e. The standard InChI is InChI=1S/C14H21N3O/c1-11-5-7-12(8-6-11)16-14(18)17(10-9-15)13-3-2-4-13/h5-8,13H,2-4,9-10,15H2,1H3,(H,16,18). The van der Waals surface area contributed by atoms with Gasteiger partial charge in [-0.15, -0.1) is 0 Å². The number of anilines is 1. The first-order valence-electron chi connectivity index (χ1n) is 6.55. The Morgan fingerprint density at radius 3 is 2.56 bits per heavy atom. The molecule has 0 heterocycles. The van der Waals surface area contributed by atoms with Crippen LogP contribution in [0.4, 0.5) is 10.5 Å². The molecule has 0 spiro atoms. The monoisotopic (exact) mass is 247 g/mol. The van der Waals surface area contributed by atoms with Gasteiger partial charge in [0, 0.05) is 24.8 Å². The first-order valence-corrected chi connectivity index (χ1v) is 6.55. The molecule has 18 heavy (non-hydrogen) atoms. The van der Waals surface area contributed by atoms with Crippen molar-refractivity contribution in [2.75, 3.05) is 18.4 Å². The molecule has 1 aliphatic carbocycles. The minimum atomic E-state index is -0.0333. The van der Waals surface area contributed by atoms with Gasteiger partial charge in [0.2, 0.25) is 0 Å². The molecule has 1 aromatic rings. The summed E-state index contributed by atoms with van der Waals surface area (Å²) in [5.41, 5.74) is 7.60. The Hall–Kier alpha value is -1.55. The number of rotatable bonds is 4. The maximum Gasteiger partial charge on any atom is 0.322 e. The molecule has 1 aromatic carbocycles. The molecule has 98 valence electrons. The molecular formula is C14H21N3O. The lowest BCUT2D eigenvalue weighted by Gasteiger charge is -2.37. The number of benzene rings is 1. The fourth-order valence-electron chi connectivity index (χ4n) is 2.12. The quantitative estimate of drug-likeness (QED) is 0.858. The Morgan fingerprint density at radius 1 is 1.39 bits per heavy atom. The fourth-order valence-corrected chi connectivity index (χ4v) is 2.12. The first kappa shape index (κ1) is 12.9. The van der Waals surface area contributed by atoms with E-state index < -0.39 is 0 Å². The minimum absolute atomic E-state index is 0.0333. The minimum Gasteiger partial charge on any atom is -0.329 e. The van der Waals surface area contributed by atoms with E-state index in [-0.39, 0.29) is 6.03 Å². The zero-order valence-corrected chi connectivity index (χ0v) is 10.9. The predicted molar refractivity (Wildman–Crippen MR) is 73.6 cm³/mol. The second-order valence-corrected chi connectivity index (χ2v) is 4.86. The van der Waals surface area contributed by atoms with Gasteiger partial charge >= 0.3 is 6.03 Å². The molecule has 0 bridgehead atoms. The van der Waals surface area contributed by atoms with E-state index in [4.69, 9.17) is 5.73 Å². The maximum absolute atomic E-state index is 12.2. The summed E-state index contributed by atoms with van der Waals surface area (Å²) in [6.07, 6.45) is 3.41. The summed E-state index contributed by atoms with van der Waals surface area (Å²) in [5, 5.41) is 2.93. The van der Waals surface area contributed by atoms with E-state index in [1.54, 1.807) is 0 Å². The number of hydrogen-bond donors (Lipinski definition) is 2. The predicted octanol–water partition coefficient (Wildman–Crippen LogP) is 2.34. The molecule has 1 aliphatic rings. The highest BCUT2D eigenvalue weighted by Crippen LogP contribution is 2.25. The van der Waals surface area contributed by atoms with Crippen molar-refractivity contribution in [1.82, 2.24) is 4.90 Å².